The molecular weight excluding hydrogens is 308 g/mol. The van der Waals surface area contributed by atoms with Gasteiger partial charge in [0.1, 0.15) is 6.33 Å². The minimum Gasteiger partial charge on any atom is -0.373 e. The molecule has 1 aromatic carbocycles. The largest absolute Gasteiger partial charge is 0.373 e. The molecule has 23 heavy (non-hydrogen) atoms. The van der Waals surface area contributed by atoms with Crippen molar-refractivity contribution in [2.75, 3.05) is 13.1 Å². The highest BCUT2D eigenvalue weighted by Gasteiger charge is 2.22. The molecule has 0 aliphatic carbocycles. The van der Waals surface area contributed by atoms with Crippen LogP contribution in [0, 0.1) is 18.6 Å². The summed E-state index contributed by atoms with van der Waals surface area (Å²) in [5, 5.41) is 4.49. The summed E-state index contributed by atoms with van der Waals surface area (Å²) in [5.41, 5.74) is 3.55. The molecule has 3 rings (SSSR count). The Labute approximate surface area is 142 Å². The molecule has 1 aromatic heterocycles. The number of hydrogen-bond acceptors (Lipinski definition) is 4. The predicted octanol–water partition coefficient (Wildman–Crippen LogP) is 3.09. The van der Waals surface area contributed by atoms with Crippen LogP contribution in [0.25, 0.3) is 5.69 Å². The molecule has 0 N–H and O–H groups in total. The number of rotatable bonds is 3. The first-order valence-corrected chi connectivity index (χ1v) is 8.45. The van der Waals surface area contributed by atoms with Crippen LogP contribution in [0.4, 0.5) is 0 Å². The normalized spacial score (nSPS) is 22.4. The van der Waals surface area contributed by atoms with Gasteiger partial charge in [0.2, 0.25) is 4.77 Å². The van der Waals surface area contributed by atoms with E-state index in [9.17, 15) is 0 Å². The second-order valence-corrected chi connectivity index (χ2v) is 6.87. The molecule has 1 aliphatic heterocycles. The van der Waals surface area contributed by atoms with Crippen molar-refractivity contribution < 1.29 is 4.74 Å². The lowest BCUT2D eigenvalue weighted by molar-refractivity contribution is -0.0777. The minimum atomic E-state index is 0.245. The quantitative estimate of drug-likeness (QED) is 0.809. The van der Waals surface area contributed by atoms with Crippen LogP contribution in [-0.2, 0) is 11.4 Å². The van der Waals surface area contributed by atoms with Crippen LogP contribution in [0.1, 0.15) is 25.0 Å². The smallest absolute Gasteiger partial charge is 0.203 e. The van der Waals surface area contributed by atoms with E-state index < -0.39 is 0 Å². The summed E-state index contributed by atoms with van der Waals surface area (Å²) in [6, 6.07) is 6.37. The average Bonchev–Trinajstić information content (AvgIpc) is 2.79. The van der Waals surface area contributed by atoms with Crippen LogP contribution in [0.5, 0.6) is 0 Å². The van der Waals surface area contributed by atoms with Gasteiger partial charge in [-0.25, -0.2) is 4.68 Å². The number of benzene rings is 1. The highest BCUT2D eigenvalue weighted by molar-refractivity contribution is 7.71. The molecule has 0 radical (unpaired) electrons. The summed E-state index contributed by atoms with van der Waals surface area (Å²) in [6.45, 7) is 10.9. The van der Waals surface area contributed by atoms with Gasteiger partial charge in [-0.1, -0.05) is 17.7 Å². The third-order valence-electron chi connectivity index (χ3n) is 4.17. The molecule has 2 heterocycles. The summed E-state index contributed by atoms with van der Waals surface area (Å²) in [6.07, 6.45) is 2.30. The van der Waals surface area contributed by atoms with E-state index in [1.165, 1.54) is 11.1 Å². The maximum Gasteiger partial charge on any atom is 0.203 e. The van der Waals surface area contributed by atoms with Crippen molar-refractivity contribution in [1.29, 1.82) is 0 Å². The molecule has 1 saturated heterocycles. The molecule has 2 atom stereocenters. The number of aryl methyl sites for hydroxylation is 2. The molecule has 124 valence electrons. The molecule has 5 nitrogen and oxygen atoms in total. The number of nitrogens with zero attached hydrogens (tertiary/aromatic N) is 4. The molecular formula is C17H24N4OS. The molecule has 0 saturated carbocycles. The minimum absolute atomic E-state index is 0.245. The topological polar surface area (TPSA) is 35.2 Å². The molecule has 0 amide bonds. The Bertz CT molecular complexity index is 741. The van der Waals surface area contributed by atoms with E-state index in [4.69, 9.17) is 17.0 Å². The van der Waals surface area contributed by atoms with E-state index in [1.807, 2.05) is 15.6 Å². The van der Waals surface area contributed by atoms with Gasteiger partial charge in [0.05, 0.1) is 24.6 Å². The number of ether oxygens (including phenoxy) is 1. The van der Waals surface area contributed by atoms with E-state index in [1.54, 1.807) is 0 Å². The van der Waals surface area contributed by atoms with Gasteiger partial charge >= 0.3 is 0 Å². The predicted molar refractivity (Wildman–Crippen MR) is 93.4 cm³/mol. The van der Waals surface area contributed by atoms with E-state index >= 15 is 0 Å². The van der Waals surface area contributed by atoms with Gasteiger partial charge in [-0.15, -0.1) is 0 Å². The summed E-state index contributed by atoms with van der Waals surface area (Å²) < 4.78 is 10.4. The van der Waals surface area contributed by atoms with E-state index in [-0.39, 0.29) is 12.2 Å². The Morgan fingerprint density at radius 3 is 2.57 bits per heavy atom. The zero-order valence-electron chi connectivity index (χ0n) is 14.2. The Hall–Kier alpha value is -1.50. The fraction of sp³-hybridized carbons (Fsp3) is 0.529. The van der Waals surface area contributed by atoms with Gasteiger partial charge in [0.15, 0.2) is 0 Å². The number of hydrogen-bond donors (Lipinski definition) is 0. The van der Waals surface area contributed by atoms with Crippen molar-refractivity contribution in [1.82, 2.24) is 19.2 Å². The Morgan fingerprint density at radius 2 is 1.91 bits per heavy atom. The highest BCUT2D eigenvalue weighted by Crippen LogP contribution is 2.17. The fourth-order valence-corrected chi connectivity index (χ4v) is 3.51. The van der Waals surface area contributed by atoms with Crippen molar-refractivity contribution in [2.24, 2.45) is 0 Å². The summed E-state index contributed by atoms with van der Waals surface area (Å²) >= 11 is 5.63. The van der Waals surface area contributed by atoms with Crippen molar-refractivity contribution >= 4 is 12.2 Å². The first-order chi connectivity index (χ1) is 10.9. The molecule has 2 aromatic rings. The number of aromatic nitrogens is 3. The van der Waals surface area contributed by atoms with Gasteiger partial charge in [-0.3, -0.25) is 9.47 Å². The van der Waals surface area contributed by atoms with Gasteiger partial charge in [0, 0.05) is 13.1 Å². The number of morpholine rings is 1. The monoisotopic (exact) mass is 332 g/mol. The maximum atomic E-state index is 5.78. The van der Waals surface area contributed by atoms with E-state index in [0.717, 1.165) is 23.5 Å². The average molecular weight is 332 g/mol. The van der Waals surface area contributed by atoms with Gasteiger partial charge in [0.25, 0.3) is 0 Å². The Morgan fingerprint density at radius 1 is 1.22 bits per heavy atom. The van der Waals surface area contributed by atoms with Crippen LogP contribution < -0.4 is 0 Å². The maximum absolute atomic E-state index is 5.78. The molecule has 1 fully saturated rings. The molecule has 0 unspecified atom stereocenters. The third kappa shape index (κ3) is 3.54. The SMILES string of the molecule is Cc1ccc(-n2cnn(CN3C[C@@H](C)O[C@@H](C)C3)c2=S)c(C)c1. The van der Waals surface area contributed by atoms with Crippen LogP contribution in [0.2, 0.25) is 0 Å². The van der Waals surface area contributed by atoms with Crippen molar-refractivity contribution in [3.63, 3.8) is 0 Å². The lowest BCUT2D eigenvalue weighted by Gasteiger charge is -2.34. The van der Waals surface area contributed by atoms with E-state index in [2.05, 4.69) is 55.9 Å². The Kier molecular flexibility index (Phi) is 4.66. The van der Waals surface area contributed by atoms with Crippen LogP contribution in [-0.4, -0.2) is 44.5 Å². The van der Waals surface area contributed by atoms with E-state index in [0.29, 0.717) is 6.67 Å². The first-order valence-electron chi connectivity index (χ1n) is 8.04. The summed E-state index contributed by atoms with van der Waals surface area (Å²) in [4.78, 5) is 2.34. The van der Waals surface area contributed by atoms with Crippen molar-refractivity contribution in [3.05, 3.63) is 40.4 Å². The standard InChI is InChI=1S/C17H24N4OS/c1-12-5-6-16(13(2)7-12)20-10-18-21(17(20)23)11-19-8-14(3)22-15(4)9-19/h5-7,10,14-15H,8-9,11H2,1-4H3/t14-,15+. The van der Waals surface area contributed by atoms with Gasteiger partial charge in [-0.05, 0) is 51.5 Å². The highest BCUT2D eigenvalue weighted by atomic mass is 32.1. The molecule has 0 spiro atoms. The second-order valence-electron chi connectivity index (χ2n) is 6.51. The van der Waals surface area contributed by atoms with Gasteiger partial charge < -0.3 is 4.74 Å². The third-order valence-corrected chi connectivity index (χ3v) is 4.58. The molecule has 1 aliphatic rings. The lowest BCUT2D eigenvalue weighted by Crippen LogP contribution is -2.46. The zero-order chi connectivity index (χ0) is 16.6. The fourth-order valence-electron chi connectivity index (χ4n) is 3.26. The van der Waals surface area contributed by atoms with Crippen molar-refractivity contribution in [3.8, 4) is 5.69 Å². The van der Waals surface area contributed by atoms with Crippen molar-refractivity contribution in [2.45, 2.75) is 46.6 Å². The summed E-state index contributed by atoms with van der Waals surface area (Å²) in [7, 11) is 0. The first kappa shape index (κ1) is 16.4. The lowest BCUT2D eigenvalue weighted by atomic mass is 10.1. The van der Waals surface area contributed by atoms with Crippen LogP contribution >= 0.6 is 12.2 Å². The Balaban J connectivity index is 1.83. The zero-order valence-corrected chi connectivity index (χ0v) is 15.0. The summed E-state index contributed by atoms with van der Waals surface area (Å²) in [5.74, 6) is 0. The van der Waals surface area contributed by atoms with Crippen LogP contribution in [0.3, 0.4) is 0 Å². The van der Waals surface area contributed by atoms with Gasteiger partial charge in [-0.2, -0.15) is 5.10 Å². The van der Waals surface area contributed by atoms with Crippen LogP contribution in [0.15, 0.2) is 24.5 Å². The second kappa shape index (κ2) is 6.55. The molecule has 0 bridgehead atoms. The molecule has 6 heteroatoms.